The second kappa shape index (κ2) is 8.23. The van der Waals surface area contributed by atoms with E-state index < -0.39 is 29.6 Å². The quantitative estimate of drug-likeness (QED) is 0.562. The van der Waals surface area contributed by atoms with E-state index in [9.17, 15) is 31.1 Å². The Labute approximate surface area is 156 Å². The molecule has 0 aliphatic heterocycles. The number of aryl methyl sites for hydroxylation is 4. The van der Waals surface area contributed by atoms with Gasteiger partial charge in [0.1, 0.15) is 0 Å². The number of carbonyl (C=O) groups is 1. The normalized spacial score (nSPS) is 12.4. The fraction of sp³-hybridized carbons (Fsp3) is 0.562. The van der Waals surface area contributed by atoms with Crippen LogP contribution < -0.4 is 5.32 Å². The Bertz CT molecular complexity index is 821. The Morgan fingerprint density at radius 1 is 0.929 bits per heavy atom. The fourth-order valence-electron chi connectivity index (χ4n) is 2.50. The predicted molar refractivity (Wildman–Crippen MR) is 86.2 cm³/mol. The van der Waals surface area contributed by atoms with Crippen molar-refractivity contribution < 1.29 is 31.1 Å². The van der Waals surface area contributed by atoms with Gasteiger partial charge >= 0.3 is 12.4 Å². The van der Waals surface area contributed by atoms with Crippen LogP contribution in [0.2, 0.25) is 0 Å². The predicted octanol–water partition coefficient (Wildman–Crippen LogP) is 3.33. The topological polar surface area (TPSA) is 64.7 Å². The maximum atomic E-state index is 12.6. The van der Waals surface area contributed by atoms with Crippen LogP contribution in [0.5, 0.6) is 0 Å². The molecule has 2 heterocycles. The fourth-order valence-corrected chi connectivity index (χ4v) is 2.50. The van der Waals surface area contributed by atoms with Crippen LogP contribution in [0.4, 0.5) is 26.3 Å². The third-order valence-electron chi connectivity index (χ3n) is 3.96. The van der Waals surface area contributed by atoms with Gasteiger partial charge in [0.15, 0.2) is 11.4 Å². The highest BCUT2D eigenvalue weighted by Gasteiger charge is 2.35. The summed E-state index contributed by atoms with van der Waals surface area (Å²) in [6.45, 7) is 3.34. The number of amides is 1. The van der Waals surface area contributed by atoms with Crippen LogP contribution in [0.15, 0.2) is 12.1 Å². The van der Waals surface area contributed by atoms with E-state index in [1.807, 2.05) is 0 Å². The molecule has 0 radical (unpaired) electrons. The Balaban J connectivity index is 1.75. The summed E-state index contributed by atoms with van der Waals surface area (Å²) in [7, 11) is 0. The highest BCUT2D eigenvalue weighted by atomic mass is 19.4. The van der Waals surface area contributed by atoms with E-state index in [2.05, 4.69) is 15.5 Å². The molecule has 1 amide bonds. The van der Waals surface area contributed by atoms with Crippen molar-refractivity contribution in [1.82, 2.24) is 24.9 Å². The van der Waals surface area contributed by atoms with Crippen LogP contribution in [0.1, 0.15) is 35.6 Å². The third kappa shape index (κ3) is 5.73. The molecule has 1 N–H and O–H groups in total. The molecule has 0 aliphatic rings. The summed E-state index contributed by atoms with van der Waals surface area (Å²) in [4.78, 5) is 11.8. The van der Waals surface area contributed by atoms with Crippen molar-refractivity contribution in [2.24, 2.45) is 0 Å². The molecular formula is C16H19F6N5O. The minimum Gasteiger partial charge on any atom is -0.356 e. The molecule has 0 unspecified atom stereocenters. The number of aromatic nitrogens is 4. The second-order valence-corrected chi connectivity index (χ2v) is 6.24. The molecule has 0 bridgehead atoms. The van der Waals surface area contributed by atoms with Crippen LogP contribution in [-0.4, -0.2) is 32.0 Å². The minimum absolute atomic E-state index is 0.0129. The number of halogens is 6. The summed E-state index contributed by atoms with van der Waals surface area (Å²) in [5, 5.41) is 9.48. The number of hydrogen-bond acceptors (Lipinski definition) is 3. The number of hydrogen-bond donors (Lipinski definition) is 1. The van der Waals surface area contributed by atoms with Crippen LogP contribution in [0.25, 0.3) is 0 Å². The molecular weight excluding hydrogens is 392 g/mol. The van der Waals surface area contributed by atoms with Crippen molar-refractivity contribution in [2.45, 2.75) is 52.1 Å². The van der Waals surface area contributed by atoms with E-state index in [-0.39, 0.29) is 31.7 Å². The summed E-state index contributed by atoms with van der Waals surface area (Å²) >= 11 is 0. The van der Waals surface area contributed by atoms with Crippen molar-refractivity contribution in [3.05, 3.63) is 34.9 Å². The first kappa shape index (κ1) is 21.8. The molecule has 0 spiro atoms. The average Bonchev–Trinajstić information content (AvgIpc) is 3.12. The number of nitrogens with one attached hydrogen (secondary N) is 1. The maximum Gasteiger partial charge on any atom is 0.435 e. The maximum absolute atomic E-state index is 12.6. The van der Waals surface area contributed by atoms with Crippen LogP contribution in [0.3, 0.4) is 0 Å². The molecule has 0 saturated carbocycles. The monoisotopic (exact) mass is 411 g/mol. The lowest BCUT2D eigenvalue weighted by molar-refractivity contribution is -0.142. The molecule has 156 valence electrons. The van der Waals surface area contributed by atoms with Gasteiger partial charge in [0.2, 0.25) is 5.91 Å². The number of rotatable bonds is 7. The SMILES string of the molecule is Cc1cc(C(F)(F)F)nn1CCCNC(=O)CCn1nc(C(F)(F)F)cc1C. The van der Waals surface area contributed by atoms with E-state index in [1.54, 1.807) is 0 Å². The summed E-state index contributed by atoms with van der Waals surface area (Å²) < 4.78 is 77.9. The number of nitrogens with zero attached hydrogens (tertiary/aromatic N) is 4. The van der Waals surface area contributed by atoms with Gasteiger partial charge in [0.25, 0.3) is 0 Å². The summed E-state index contributed by atoms with van der Waals surface area (Å²) in [5.74, 6) is -0.392. The molecule has 12 heteroatoms. The van der Waals surface area contributed by atoms with Gasteiger partial charge < -0.3 is 5.32 Å². The molecule has 2 aromatic heterocycles. The van der Waals surface area contributed by atoms with Crippen molar-refractivity contribution >= 4 is 5.91 Å². The molecule has 0 saturated heterocycles. The Kier molecular flexibility index (Phi) is 6.40. The van der Waals surface area contributed by atoms with Crippen molar-refractivity contribution in [1.29, 1.82) is 0 Å². The molecule has 0 aliphatic carbocycles. The number of carbonyl (C=O) groups excluding carboxylic acids is 1. The Morgan fingerprint density at radius 3 is 1.82 bits per heavy atom. The molecule has 2 rings (SSSR count). The zero-order valence-corrected chi connectivity index (χ0v) is 15.2. The van der Waals surface area contributed by atoms with Gasteiger partial charge in [-0.05, 0) is 32.4 Å². The molecule has 2 aromatic rings. The van der Waals surface area contributed by atoms with Gasteiger partial charge in [-0.3, -0.25) is 14.2 Å². The van der Waals surface area contributed by atoms with Gasteiger partial charge in [-0.15, -0.1) is 0 Å². The largest absolute Gasteiger partial charge is 0.435 e. The number of alkyl halides is 6. The lowest BCUT2D eigenvalue weighted by atomic mass is 10.3. The standard InChI is InChI=1S/C16H19F6N5O/c1-10-8-12(15(17,18)19)24-26(10)6-3-5-23-14(28)4-7-27-11(2)9-13(25-27)16(20,21)22/h8-9H,3-7H2,1-2H3,(H,23,28). The Morgan fingerprint density at radius 2 is 1.39 bits per heavy atom. The van der Waals surface area contributed by atoms with E-state index in [0.717, 1.165) is 16.8 Å². The Hall–Kier alpha value is -2.53. The van der Waals surface area contributed by atoms with Crippen LogP contribution in [-0.2, 0) is 30.2 Å². The first-order chi connectivity index (χ1) is 12.9. The van der Waals surface area contributed by atoms with E-state index in [4.69, 9.17) is 0 Å². The summed E-state index contributed by atoms with van der Waals surface area (Å²) in [6.07, 6.45) is -8.78. The highest BCUT2D eigenvalue weighted by Crippen LogP contribution is 2.29. The molecule has 0 fully saturated rings. The zero-order chi connectivity index (χ0) is 21.1. The van der Waals surface area contributed by atoms with E-state index >= 15 is 0 Å². The van der Waals surface area contributed by atoms with Gasteiger partial charge in [-0.25, -0.2) is 0 Å². The summed E-state index contributed by atoms with van der Waals surface area (Å²) in [5.41, 5.74) is -1.34. The summed E-state index contributed by atoms with van der Waals surface area (Å²) in [6, 6.07) is 1.85. The minimum atomic E-state index is -4.55. The zero-order valence-electron chi connectivity index (χ0n) is 15.2. The van der Waals surface area contributed by atoms with Gasteiger partial charge in [-0.1, -0.05) is 0 Å². The van der Waals surface area contributed by atoms with Gasteiger partial charge in [0.05, 0.1) is 0 Å². The lowest BCUT2D eigenvalue weighted by Gasteiger charge is -2.08. The third-order valence-corrected chi connectivity index (χ3v) is 3.96. The smallest absolute Gasteiger partial charge is 0.356 e. The van der Waals surface area contributed by atoms with E-state index in [0.29, 0.717) is 12.1 Å². The molecule has 0 aromatic carbocycles. The van der Waals surface area contributed by atoms with E-state index in [1.165, 1.54) is 18.5 Å². The molecule has 6 nitrogen and oxygen atoms in total. The van der Waals surface area contributed by atoms with Crippen molar-refractivity contribution in [3.63, 3.8) is 0 Å². The highest BCUT2D eigenvalue weighted by molar-refractivity contribution is 5.75. The molecule has 28 heavy (non-hydrogen) atoms. The van der Waals surface area contributed by atoms with Crippen LogP contribution in [0, 0.1) is 13.8 Å². The van der Waals surface area contributed by atoms with Crippen molar-refractivity contribution in [2.75, 3.05) is 6.54 Å². The lowest BCUT2D eigenvalue weighted by Crippen LogP contribution is -2.26. The first-order valence-corrected chi connectivity index (χ1v) is 8.38. The van der Waals surface area contributed by atoms with Gasteiger partial charge in [0, 0.05) is 37.4 Å². The average molecular weight is 411 g/mol. The molecule has 0 atom stereocenters. The first-order valence-electron chi connectivity index (χ1n) is 8.38. The van der Waals surface area contributed by atoms with Crippen LogP contribution >= 0.6 is 0 Å². The van der Waals surface area contributed by atoms with Crippen molar-refractivity contribution in [3.8, 4) is 0 Å². The van der Waals surface area contributed by atoms with Gasteiger partial charge in [-0.2, -0.15) is 36.5 Å². The second-order valence-electron chi connectivity index (χ2n) is 6.24.